The molecule has 0 amide bonds. The van der Waals surface area contributed by atoms with Crippen LogP contribution in [0, 0.1) is 4.91 Å². The first-order valence-corrected chi connectivity index (χ1v) is 6.42. The van der Waals surface area contributed by atoms with E-state index < -0.39 is 5.97 Å². The van der Waals surface area contributed by atoms with Gasteiger partial charge in [0.1, 0.15) is 11.4 Å². The Morgan fingerprint density at radius 2 is 1.48 bits per heavy atom. The van der Waals surface area contributed by atoms with Gasteiger partial charge in [-0.05, 0) is 29.4 Å². The van der Waals surface area contributed by atoms with E-state index >= 15 is 0 Å². The molecule has 0 saturated carbocycles. The van der Waals surface area contributed by atoms with Crippen LogP contribution in [-0.2, 0) is 0 Å². The minimum Gasteiger partial charge on any atom is -0.422 e. The molecule has 0 aromatic heterocycles. The molecule has 0 saturated heterocycles. The summed E-state index contributed by atoms with van der Waals surface area (Å²) >= 11 is 0. The minimum atomic E-state index is -0.437. The number of carbonyl (C=O) groups excluding carboxylic acids is 1. The molecule has 0 radical (unpaired) electrons. The van der Waals surface area contributed by atoms with E-state index in [9.17, 15) is 9.70 Å². The van der Waals surface area contributed by atoms with Crippen LogP contribution in [-0.4, -0.2) is 5.97 Å². The van der Waals surface area contributed by atoms with Gasteiger partial charge < -0.3 is 4.74 Å². The monoisotopic (exact) mass is 277 g/mol. The van der Waals surface area contributed by atoms with Crippen LogP contribution in [0.2, 0.25) is 0 Å². The lowest BCUT2D eigenvalue weighted by molar-refractivity contribution is 0.0737. The van der Waals surface area contributed by atoms with E-state index in [0.29, 0.717) is 27.8 Å². The standard InChI is InChI=1S/C17H11NO3/c19-17(12-6-2-1-3-7-12)21-16-11-10-15(18-20)13-8-4-5-9-14(13)16/h1-11H. The molecule has 3 aromatic carbocycles. The number of nitrogens with zero attached hydrogens (tertiary/aromatic N) is 1. The molecule has 102 valence electrons. The minimum absolute atomic E-state index is 0.324. The maximum absolute atomic E-state index is 12.1. The highest BCUT2D eigenvalue weighted by Gasteiger charge is 2.12. The van der Waals surface area contributed by atoms with Crippen LogP contribution in [0.25, 0.3) is 10.8 Å². The van der Waals surface area contributed by atoms with Crippen LogP contribution in [0.4, 0.5) is 5.69 Å². The third-order valence-electron chi connectivity index (χ3n) is 3.17. The van der Waals surface area contributed by atoms with Crippen LogP contribution >= 0.6 is 0 Å². The highest BCUT2D eigenvalue weighted by atomic mass is 16.5. The summed E-state index contributed by atoms with van der Waals surface area (Å²) in [5, 5.41) is 4.32. The predicted molar refractivity (Wildman–Crippen MR) is 80.8 cm³/mol. The summed E-state index contributed by atoms with van der Waals surface area (Å²) in [6.45, 7) is 0. The number of nitroso groups, excluding NO2 is 1. The number of carbonyl (C=O) groups is 1. The smallest absolute Gasteiger partial charge is 0.343 e. The number of benzene rings is 3. The molecular weight excluding hydrogens is 266 g/mol. The maximum atomic E-state index is 12.1. The Bertz CT molecular complexity index is 813. The summed E-state index contributed by atoms with van der Waals surface area (Å²) in [6.07, 6.45) is 0. The highest BCUT2D eigenvalue weighted by Crippen LogP contribution is 2.33. The van der Waals surface area contributed by atoms with Crippen molar-refractivity contribution in [2.75, 3.05) is 0 Å². The summed E-state index contributed by atoms with van der Waals surface area (Å²) in [5.41, 5.74) is 0.796. The molecule has 3 rings (SSSR count). The Kier molecular flexibility index (Phi) is 3.43. The molecular formula is C17H11NO3. The van der Waals surface area contributed by atoms with Gasteiger partial charge in [0.2, 0.25) is 0 Å². The highest BCUT2D eigenvalue weighted by molar-refractivity contribution is 5.99. The van der Waals surface area contributed by atoms with Crippen molar-refractivity contribution in [1.29, 1.82) is 0 Å². The molecule has 0 N–H and O–H groups in total. The Labute approximate surface area is 121 Å². The van der Waals surface area contributed by atoms with Crippen molar-refractivity contribution in [3.8, 4) is 5.75 Å². The fraction of sp³-hybridized carbons (Fsp3) is 0. The molecule has 0 spiro atoms. The van der Waals surface area contributed by atoms with Crippen molar-refractivity contribution < 1.29 is 9.53 Å². The van der Waals surface area contributed by atoms with Crippen molar-refractivity contribution in [2.24, 2.45) is 5.18 Å². The van der Waals surface area contributed by atoms with Crippen molar-refractivity contribution in [1.82, 2.24) is 0 Å². The van der Waals surface area contributed by atoms with Gasteiger partial charge in [-0.2, -0.15) is 0 Å². The number of hydrogen-bond donors (Lipinski definition) is 0. The molecule has 4 heteroatoms. The van der Waals surface area contributed by atoms with Gasteiger partial charge in [-0.3, -0.25) is 0 Å². The van der Waals surface area contributed by atoms with Crippen LogP contribution in [0.5, 0.6) is 5.75 Å². The molecule has 0 aliphatic carbocycles. The van der Waals surface area contributed by atoms with Crippen LogP contribution < -0.4 is 4.74 Å². The lowest BCUT2D eigenvalue weighted by Crippen LogP contribution is -2.08. The first-order chi connectivity index (χ1) is 10.3. The number of hydrogen-bond acceptors (Lipinski definition) is 4. The molecule has 21 heavy (non-hydrogen) atoms. The maximum Gasteiger partial charge on any atom is 0.343 e. The van der Waals surface area contributed by atoms with Crippen molar-refractivity contribution >= 4 is 22.4 Å². The molecule has 0 fully saturated rings. The average Bonchev–Trinajstić information content (AvgIpc) is 2.56. The van der Waals surface area contributed by atoms with Gasteiger partial charge in [0.25, 0.3) is 0 Å². The Hall–Kier alpha value is -3.01. The second kappa shape index (κ2) is 5.54. The van der Waals surface area contributed by atoms with Crippen LogP contribution in [0.1, 0.15) is 10.4 Å². The Morgan fingerprint density at radius 1 is 0.810 bits per heavy atom. The second-order valence-electron chi connectivity index (χ2n) is 4.48. The van der Waals surface area contributed by atoms with E-state index in [1.807, 2.05) is 12.1 Å². The Balaban J connectivity index is 2.02. The lowest BCUT2D eigenvalue weighted by atomic mass is 10.1. The molecule has 0 aliphatic rings. The molecule has 0 heterocycles. The number of rotatable bonds is 3. The molecule has 0 aliphatic heterocycles. The zero-order valence-corrected chi connectivity index (χ0v) is 11.0. The molecule has 3 aromatic rings. The largest absolute Gasteiger partial charge is 0.422 e. The first kappa shape index (κ1) is 13.0. The molecule has 0 unspecified atom stereocenters. The summed E-state index contributed by atoms with van der Waals surface area (Å²) in [7, 11) is 0. The molecule has 4 nitrogen and oxygen atoms in total. The van der Waals surface area contributed by atoms with Crippen molar-refractivity contribution in [3.05, 3.63) is 77.2 Å². The topological polar surface area (TPSA) is 55.7 Å². The van der Waals surface area contributed by atoms with Crippen molar-refractivity contribution in [2.45, 2.75) is 0 Å². The zero-order valence-electron chi connectivity index (χ0n) is 11.0. The first-order valence-electron chi connectivity index (χ1n) is 6.42. The molecule has 0 bridgehead atoms. The Morgan fingerprint density at radius 3 is 2.19 bits per heavy atom. The van der Waals surface area contributed by atoms with E-state index in [4.69, 9.17) is 4.74 Å². The summed E-state index contributed by atoms with van der Waals surface area (Å²) in [4.78, 5) is 22.9. The summed E-state index contributed by atoms with van der Waals surface area (Å²) < 4.78 is 5.43. The number of esters is 1. The van der Waals surface area contributed by atoms with Gasteiger partial charge >= 0.3 is 5.97 Å². The summed E-state index contributed by atoms with van der Waals surface area (Å²) in [6, 6.07) is 19.1. The fourth-order valence-electron chi connectivity index (χ4n) is 2.16. The van der Waals surface area contributed by atoms with Gasteiger partial charge in [-0.1, -0.05) is 42.5 Å². The van der Waals surface area contributed by atoms with Gasteiger partial charge in [-0.15, -0.1) is 4.91 Å². The van der Waals surface area contributed by atoms with E-state index in [-0.39, 0.29) is 0 Å². The number of ether oxygens (including phenoxy) is 1. The zero-order chi connectivity index (χ0) is 14.7. The lowest BCUT2D eigenvalue weighted by Gasteiger charge is -2.08. The van der Waals surface area contributed by atoms with E-state index in [2.05, 4.69) is 5.18 Å². The van der Waals surface area contributed by atoms with E-state index in [1.165, 1.54) is 0 Å². The summed E-state index contributed by atoms with van der Waals surface area (Å²) in [5.74, 6) is -0.0283. The fourth-order valence-corrected chi connectivity index (χ4v) is 2.16. The third-order valence-corrected chi connectivity index (χ3v) is 3.17. The quantitative estimate of drug-likeness (QED) is 0.403. The van der Waals surface area contributed by atoms with E-state index in [0.717, 1.165) is 0 Å². The second-order valence-corrected chi connectivity index (χ2v) is 4.48. The van der Waals surface area contributed by atoms with E-state index in [1.54, 1.807) is 54.6 Å². The third kappa shape index (κ3) is 2.51. The normalized spacial score (nSPS) is 10.3. The SMILES string of the molecule is O=Nc1ccc(OC(=O)c2ccccc2)c2ccccc12. The predicted octanol–water partition coefficient (Wildman–Crippen LogP) is 4.46. The van der Waals surface area contributed by atoms with Crippen molar-refractivity contribution in [3.63, 3.8) is 0 Å². The molecule has 0 atom stereocenters. The van der Waals surface area contributed by atoms with Crippen LogP contribution in [0.3, 0.4) is 0 Å². The van der Waals surface area contributed by atoms with Gasteiger partial charge in [-0.25, -0.2) is 4.79 Å². The van der Waals surface area contributed by atoms with Crippen LogP contribution in [0.15, 0.2) is 71.9 Å². The van der Waals surface area contributed by atoms with Gasteiger partial charge in [0, 0.05) is 10.8 Å². The van der Waals surface area contributed by atoms with Gasteiger partial charge in [0.15, 0.2) is 0 Å². The number of fused-ring (bicyclic) bond motifs is 1. The average molecular weight is 277 g/mol. The van der Waals surface area contributed by atoms with Gasteiger partial charge in [0.05, 0.1) is 5.56 Å².